The van der Waals surface area contributed by atoms with Crippen molar-refractivity contribution in [1.82, 2.24) is 0 Å². The average molecular weight is 125 g/mol. The number of carbonyl (C=O) groups is 1. The maximum atomic E-state index is 10.9. The first-order chi connectivity index (χ1) is 4.34. The van der Waals surface area contributed by atoms with Crippen molar-refractivity contribution in [3.63, 3.8) is 0 Å². The van der Waals surface area contributed by atoms with Crippen LogP contribution in [-0.2, 0) is 4.79 Å². The fraction of sp³-hybridized carbons (Fsp3) is 0.714. The molecule has 0 aromatic carbocycles. The van der Waals surface area contributed by atoms with Crippen LogP contribution in [0, 0.1) is 0 Å². The molecule has 0 bridgehead atoms. The molecular formula is C7H11NO. The van der Waals surface area contributed by atoms with Gasteiger partial charge in [0.05, 0.1) is 5.71 Å². The lowest BCUT2D eigenvalue weighted by Crippen LogP contribution is -2.18. The van der Waals surface area contributed by atoms with Crippen LogP contribution in [0.1, 0.15) is 25.7 Å². The van der Waals surface area contributed by atoms with E-state index in [1.165, 1.54) is 0 Å². The quantitative estimate of drug-likeness (QED) is 0.478. The highest BCUT2D eigenvalue weighted by molar-refractivity contribution is 6.40. The fourth-order valence-electron chi connectivity index (χ4n) is 1.10. The van der Waals surface area contributed by atoms with E-state index in [2.05, 4.69) is 4.99 Å². The van der Waals surface area contributed by atoms with Crippen LogP contribution in [0.25, 0.3) is 0 Å². The van der Waals surface area contributed by atoms with E-state index in [-0.39, 0.29) is 5.78 Å². The minimum atomic E-state index is 0.253. The maximum absolute atomic E-state index is 10.9. The van der Waals surface area contributed by atoms with Gasteiger partial charge in [-0.25, -0.2) is 0 Å². The Morgan fingerprint density at radius 1 is 1.33 bits per heavy atom. The second-order valence-electron chi connectivity index (χ2n) is 2.30. The van der Waals surface area contributed by atoms with Crippen molar-refractivity contribution >= 4 is 11.5 Å². The number of ketones is 1. The molecule has 0 radical (unpaired) electrons. The Balaban J connectivity index is 2.60. The molecule has 0 aromatic heterocycles. The second kappa shape index (κ2) is 2.76. The van der Waals surface area contributed by atoms with E-state index in [1.54, 1.807) is 7.05 Å². The molecule has 9 heavy (non-hydrogen) atoms. The van der Waals surface area contributed by atoms with Gasteiger partial charge in [0.25, 0.3) is 0 Å². The standard InChI is InChI=1S/C7H11NO/c1-8-6-4-2-3-5-7(6)9/h2-5H2,1H3/b8-6-. The van der Waals surface area contributed by atoms with Gasteiger partial charge in [0.1, 0.15) is 0 Å². The Labute approximate surface area is 55.0 Å². The third-order valence-corrected chi connectivity index (χ3v) is 1.66. The Morgan fingerprint density at radius 3 is 2.44 bits per heavy atom. The summed E-state index contributed by atoms with van der Waals surface area (Å²) in [5, 5.41) is 0. The molecule has 1 aliphatic carbocycles. The Bertz CT molecular complexity index is 149. The molecule has 2 nitrogen and oxygen atoms in total. The van der Waals surface area contributed by atoms with Gasteiger partial charge in [-0.15, -0.1) is 0 Å². The summed E-state index contributed by atoms with van der Waals surface area (Å²) < 4.78 is 0. The van der Waals surface area contributed by atoms with Gasteiger partial charge in [0.15, 0.2) is 5.78 Å². The van der Waals surface area contributed by atoms with Crippen LogP contribution in [0.2, 0.25) is 0 Å². The molecule has 2 heteroatoms. The second-order valence-corrected chi connectivity index (χ2v) is 2.30. The minimum absolute atomic E-state index is 0.253. The third kappa shape index (κ3) is 1.37. The van der Waals surface area contributed by atoms with Gasteiger partial charge in [0.2, 0.25) is 0 Å². The van der Waals surface area contributed by atoms with Crippen molar-refractivity contribution in [3.8, 4) is 0 Å². The summed E-state index contributed by atoms with van der Waals surface area (Å²) in [7, 11) is 1.69. The predicted octanol–water partition coefficient (Wildman–Crippen LogP) is 1.20. The molecule has 1 fully saturated rings. The maximum Gasteiger partial charge on any atom is 0.176 e. The molecular weight excluding hydrogens is 114 g/mol. The summed E-state index contributed by atoms with van der Waals surface area (Å²) in [5.41, 5.74) is 0.793. The Hall–Kier alpha value is -0.660. The summed E-state index contributed by atoms with van der Waals surface area (Å²) in [6.45, 7) is 0. The number of rotatable bonds is 0. The van der Waals surface area contributed by atoms with Crippen molar-refractivity contribution < 1.29 is 4.79 Å². The Morgan fingerprint density at radius 2 is 2.00 bits per heavy atom. The van der Waals surface area contributed by atoms with E-state index in [0.29, 0.717) is 6.42 Å². The predicted molar refractivity (Wildman–Crippen MR) is 36.8 cm³/mol. The summed E-state index contributed by atoms with van der Waals surface area (Å²) in [5.74, 6) is 0.253. The molecule has 0 spiro atoms. The average Bonchev–Trinajstić information content (AvgIpc) is 1.89. The van der Waals surface area contributed by atoms with Crippen LogP contribution in [0.5, 0.6) is 0 Å². The molecule has 0 atom stereocenters. The molecule has 50 valence electrons. The smallest absolute Gasteiger partial charge is 0.176 e. The first-order valence-corrected chi connectivity index (χ1v) is 3.33. The van der Waals surface area contributed by atoms with Gasteiger partial charge >= 0.3 is 0 Å². The van der Waals surface area contributed by atoms with Crippen LogP contribution in [0.4, 0.5) is 0 Å². The largest absolute Gasteiger partial charge is 0.293 e. The number of hydrogen-bond donors (Lipinski definition) is 0. The van der Waals surface area contributed by atoms with Crippen molar-refractivity contribution in [3.05, 3.63) is 0 Å². The summed E-state index contributed by atoms with van der Waals surface area (Å²) in [6.07, 6.45) is 3.80. The van der Waals surface area contributed by atoms with Gasteiger partial charge < -0.3 is 0 Å². The minimum Gasteiger partial charge on any atom is -0.293 e. The lowest BCUT2D eigenvalue weighted by atomic mass is 9.97. The molecule has 1 aliphatic rings. The number of aliphatic imine (C=N–C) groups is 1. The van der Waals surface area contributed by atoms with Crippen LogP contribution < -0.4 is 0 Å². The summed E-state index contributed by atoms with van der Waals surface area (Å²) in [4.78, 5) is 14.8. The van der Waals surface area contributed by atoms with Crippen LogP contribution in [0.3, 0.4) is 0 Å². The third-order valence-electron chi connectivity index (χ3n) is 1.66. The molecule has 0 unspecified atom stereocenters. The van der Waals surface area contributed by atoms with E-state index in [9.17, 15) is 4.79 Å². The molecule has 0 heterocycles. The van der Waals surface area contributed by atoms with Gasteiger partial charge in [0, 0.05) is 13.5 Å². The van der Waals surface area contributed by atoms with E-state index in [4.69, 9.17) is 0 Å². The zero-order valence-corrected chi connectivity index (χ0v) is 5.68. The SMILES string of the molecule is C/N=C1/CCCCC1=O. The van der Waals surface area contributed by atoms with Crippen LogP contribution in [-0.4, -0.2) is 18.5 Å². The fourth-order valence-corrected chi connectivity index (χ4v) is 1.10. The first-order valence-electron chi connectivity index (χ1n) is 3.33. The monoisotopic (exact) mass is 125 g/mol. The van der Waals surface area contributed by atoms with Crippen LogP contribution >= 0.6 is 0 Å². The van der Waals surface area contributed by atoms with Gasteiger partial charge in [-0.1, -0.05) is 0 Å². The van der Waals surface area contributed by atoms with Crippen LogP contribution in [0.15, 0.2) is 4.99 Å². The normalized spacial score (nSPS) is 25.0. The van der Waals surface area contributed by atoms with Crippen molar-refractivity contribution in [2.24, 2.45) is 4.99 Å². The molecule has 1 rings (SSSR count). The van der Waals surface area contributed by atoms with Gasteiger partial charge in [-0.2, -0.15) is 0 Å². The highest BCUT2D eigenvalue weighted by atomic mass is 16.1. The number of hydrogen-bond acceptors (Lipinski definition) is 2. The van der Waals surface area contributed by atoms with E-state index in [0.717, 1.165) is 25.0 Å². The first kappa shape index (κ1) is 6.46. The highest BCUT2D eigenvalue weighted by Crippen LogP contribution is 2.10. The van der Waals surface area contributed by atoms with E-state index in [1.807, 2.05) is 0 Å². The molecule has 0 amide bonds. The zero-order valence-electron chi connectivity index (χ0n) is 5.68. The molecule has 0 N–H and O–H groups in total. The number of nitrogens with zero attached hydrogens (tertiary/aromatic N) is 1. The summed E-state index contributed by atoms with van der Waals surface area (Å²) in [6, 6.07) is 0. The van der Waals surface area contributed by atoms with Gasteiger partial charge in [-0.05, 0) is 19.3 Å². The molecule has 0 saturated heterocycles. The molecule has 1 saturated carbocycles. The van der Waals surface area contributed by atoms with Crippen molar-refractivity contribution in [1.29, 1.82) is 0 Å². The highest BCUT2D eigenvalue weighted by Gasteiger charge is 2.14. The number of Topliss-reactive ketones (excluding diaryl/α,β-unsaturated/α-hetero) is 1. The Kier molecular flexibility index (Phi) is 1.98. The topological polar surface area (TPSA) is 29.4 Å². The van der Waals surface area contributed by atoms with Crippen molar-refractivity contribution in [2.45, 2.75) is 25.7 Å². The van der Waals surface area contributed by atoms with E-state index < -0.39 is 0 Å². The van der Waals surface area contributed by atoms with E-state index >= 15 is 0 Å². The lowest BCUT2D eigenvalue weighted by Gasteiger charge is -2.09. The molecule has 0 aliphatic heterocycles. The van der Waals surface area contributed by atoms with Crippen molar-refractivity contribution in [2.75, 3.05) is 7.05 Å². The summed E-state index contributed by atoms with van der Waals surface area (Å²) >= 11 is 0. The molecule has 0 aromatic rings. The number of carbonyl (C=O) groups excluding carboxylic acids is 1. The lowest BCUT2D eigenvalue weighted by molar-refractivity contribution is -0.113. The zero-order chi connectivity index (χ0) is 6.69. The van der Waals surface area contributed by atoms with Gasteiger partial charge in [-0.3, -0.25) is 9.79 Å².